The summed E-state index contributed by atoms with van der Waals surface area (Å²) in [4.78, 5) is 24.1. The minimum absolute atomic E-state index is 0.121. The van der Waals surface area contributed by atoms with Gasteiger partial charge in [0.2, 0.25) is 5.91 Å². The molecule has 0 atom stereocenters. The lowest BCUT2D eigenvalue weighted by Crippen LogP contribution is -2.56. The van der Waals surface area contributed by atoms with Crippen molar-refractivity contribution in [3.8, 4) is 0 Å². The van der Waals surface area contributed by atoms with E-state index in [9.17, 15) is 14.7 Å². The molecule has 5 aliphatic rings. The molecule has 5 rings (SSSR count). The number of rotatable bonds is 5. The van der Waals surface area contributed by atoms with Crippen molar-refractivity contribution in [2.45, 2.75) is 83.1 Å². The molecule has 2 N–H and O–H groups in total. The molecular weight excluding hydrogens is 302 g/mol. The molecule has 24 heavy (non-hydrogen) atoms. The van der Waals surface area contributed by atoms with Crippen molar-refractivity contribution in [3.63, 3.8) is 0 Å². The van der Waals surface area contributed by atoms with Crippen molar-refractivity contribution in [2.75, 3.05) is 0 Å². The molecule has 0 aromatic carbocycles. The minimum atomic E-state index is -0.751. The maximum absolute atomic E-state index is 12.8. The zero-order chi connectivity index (χ0) is 16.7. The van der Waals surface area contributed by atoms with Crippen LogP contribution in [0.1, 0.15) is 77.0 Å². The number of hydrogen-bond donors (Lipinski definition) is 2. The van der Waals surface area contributed by atoms with Crippen LogP contribution in [0, 0.1) is 29.1 Å². The van der Waals surface area contributed by atoms with Gasteiger partial charge in [-0.25, -0.2) is 0 Å². The zero-order valence-electron chi connectivity index (χ0n) is 14.6. The molecular formula is C20H31NO3. The van der Waals surface area contributed by atoms with E-state index < -0.39 is 5.97 Å². The van der Waals surface area contributed by atoms with E-state index in [4.69, 9.17) is 0 Å². The summed E-state index contributed by atoms with van der Waals surface area (Å²) in [6, 6.07) is 0.371. The van der Waals surface area contributed by atoms with Crippen LogP contribution >= 0.6 is 0 Å². The largest absolute Gasteiger partial charge is 0.481 e. The fourth-order valence-corrected chi connectivity index (χ4v) is 6.78. The molecule has 4 nitrogen and oxygen atoms in total. The highest BCUT2D eigenvalue weighted by molar-refractivity contribution is 5.78. The summed E-state index contributed by atoms with van der Waals surface area (Å²) in [6.07, 6.45) is 12.3. The Balaban J connectivity index is 1.39. The first kappa shape index (κ1) is 16.4. The summed E-state index contributed by atoms with van der Waals surface area (Å²) in [5.74, 6) is 2.57. The number of nitrogens with one attached hydrogen (secondary N) is 1. The molecule has 0 saturated heterocycles. The molecule has 0 aliphatic heterocycles. The number of carboxylic acids is 1. The minimum Gasteiger partial charge on any atom is -0.481 e. The molecule has 5 saturated carbocycles. The Morgan fingerprint density at radius 1 is 0.875 bits per heavy atom. The topological polar surface area (TPSA) is 66.4 Å². The Kier molecular flexibility index (Phi) is 4.34. The summed E-state index contributed by atoms with van der Waals surface area (Å²) < 4.78 is 0. The maximum atomic E-state index is 12.8. The van der Waals surface area contributed by atoms with E-state index in [-0.39, 0.29) is 17.7 Å². The molecule has 0 aromatic heterocycles. The van der Waals surface area contributed by atoms with Gasteiger partial charge in [0.1, 0.15) is 0 Å². The monoisotopic (exact) mass is 333 g/mol. The van der Waals surface area contributed by atoms with E-state index in [0.717, 1.165) is 37.5 Å². The number of amides is 1. The molecule has 134 valence electrons. The molecule has 4 bridgehead atoms. The third-order valence-electron chi connectivity index (χ3n) is 7.53. The summed E-state index contributed by atoms with van der Waals surface area (Å²) >= 11 is 0. The maximum Gasteiger partial charge on any atom is 0.303 e. The van der Waals surface area contributed by atoms with Gasteiger partial charge in [-0.2, -0.15) is 0 Å². The smallest absolute Gasteiger partial charge is 0.303 e. The standard InChI is InChI=1S/C20H31NO3/c22-17(11-20(12-18(23)24)4-2-1-3-5-20)21-19-15-7-13-6-14(9-15)10-16(19)8-13/h13-16,19H,1-12H2,(H,21,22)(H,23,24). The number of carboxylic acid groups (broad SMARTS) is 1. The van der Waals surface area contributed by atoms with Gasteiger partial charge in [0, 0.05) is 12.5 Å². The quantitative estimate of drug-likeness (QED) is 0.805. The fraction of sp³-hybridized carbons (Fsp3) is 0.900. The van der Waals surface area contributed by atoms with E-state index in [0.29, 0.717) is 24.3 Å². The molecule has 4 heteroatoms. The third-order valence-corrected chi connectivity index (χ3v) is 7.53. The predicted molar refractivity (Wildman–Crippen MR) is 91.4 cm³/mol. The van der Waals surface area contributed by atoms with Crippen molar-refractivity contribution < 1.29 is 14.7 Å². The fourth-order valence-electron chi connectivity index (χ4n) is 6.78. The van der Waals surface area contributed by atoms with Crippen LogP contribution in [0.15, 0.2) is 0 Å². The van der Waals surface area contributed by atoms with Crippen LogP contribution in [0.2, 0.25) is 0 Å². The van der Waals surface area contributed by atoms with Crippen molar-refractivity contribution in [1.82, 2.24) is 5.32 Å². The summed E-state index contributed by atoms with van der Waals surface area (Å²) in [7, 11) is 0. The van der Waals surface area contributed by atoms with Gasteiger partial charge in [-0.15, -0.1) is 0 Å². The first-order valence-electron chi connectivity index (χ1n) is 10.0. The van der Waals surface area contributed by atoms with E-state index >= 15 is 0 Å². The first-order chi connectivity index (χ1) is 11.5. The number of hydrogen-bond acceptors (Lipinski definition) is 2. The average molecular weight is 333 g/mol. The molecule has 0 aromatic rings. The molecule has 0 spiro atoms. The van der Waals surface area contributed by atoms with Gasteiger partial charge in [0.15, 0.2) is 0 Å². The molecule has 1 amide bonds. The highest BCUT2D eigenvalue weighted by Crippen LogP contribution is 2.53. The lowest BCUT2D eigenvalue weighted by atomic mass is 9.54. The lowest BCUT2D eigenvalue weighted by molar-refractivity contribution is -0.141. The van der Waals surface area contributed by atoms with Crippen LogP contribution in [-0.4, -0.2) is 23.0 Å². The Morgan fingerprint density at radius 2 is 1.46 bits per heavy atom. The Labute approximate surface area is 144 Å². The van der Waals surface area contributed by atoms with Gasteiger partial charge in [-0.3, -0.25) is 9.59 Å². The van der Waals surface area contributed by atoms with Crippen molar-refractivity contribution in [2.24, 2.45) is 29.1 Å². The van der Waals surface area contributed by atoms with Crippen LogP contribution < -0.4 is 5.32 Å². The Hall–Kier alpha value is -1.06. The summed E-state index contributed by atoms with van der Waals surface area (Å²) in [5, 5.41) is 12.7. The number of carbonyl (C=O) groups excluding carboxylic acids is 1. The normalized spacial score (nSPS) is 39.6. The van der Waals surface area contributed by atoms with Crippen LogP contribution in [0.4, 0.5) is 0 Å². The van der Waals surface area contributed by atoms with Crippen LogP contribution in [0.25, 0.3) is 0 Å². The predicted octanol–water partition coefficient (Wildman–Crippen LogP) is 3.74. The Morgan fingerprint density at radius 3 is 2.00 bits per heavy atom. The van der Waals surface area contributed by atoms with Gasteiger partial charge in [0.05, 0.1) is 6.42 Å². The second kappa shape index (κ2) is 6.34. The second-order valence-electron chi connectivity index (χ2n) is 9.33. The van der Waals surface area contributed by atoms with E-state index in [1.54, 1.807) is 0 Å². The van der Waals surface area contributed by atoms with Gasteiger partial charge in [0.25, 0.3) is 0 Å². The Bertz CT molecular complexity index is 481. The van der Waals surface area contributed by atoms with Crippen LogP contribution in [0.5, 0.6) is 0 Å². The third kappa shape index (κ3) is 3.21. The molecule has 0 heterocycles. The molecule has 5 fully saturated rings. The molecule has 0 unspecified atom stereocenters. The van der Waals surface area contributed by atoms with Crippen molar-refractivity contribution >= 4 is 11.9 Å². The lowest BCUT2D eigenvalue weighted by Gasteiger charge is -2.54. The first-order valence-corrected chi connectivity index (χ1v) is 10.0. The average Bonchev–Trinajstić information content (AvgIpc) is 2.50. The van der Waals surface area contributed by atoms with E-state index in [1.807, 2.05) is 0 Å². The number of carbonyl (C=O) groups is 2. The molecule has 5 aliphatic carbocycles. The molecule has 0 radical (unpaired) electrons. The van der Waals surface area contributed by atoms with E-state index in [2.05, 4.69) is 5.32 Å². The highest BCUT2D eigenvalue weighted by atomic mass is 16.4. The second-order valence-corrected chi connectivity index (χ2v) is 9.33. The van der Waals surface area contributed by atoms with Gasteiger partial charge < -0.3 is 10.4 Å². The van der Waals surface area contributed by atoms with Crippen molar-refractivity contribution in [3.05, 3.63) is 0 Å². The summed E-state index contributed by atoms with van der Waals surface area (Å²) in [6.45, 7) is 0. The van der Waals surface area contributed by atoms with Crippen LogP contribution in [-0.2, 0) is 9.59 Å². The number of aliphatic carboxylic acids is 1. The van der Waals surface area contributed by atoms with E-state index in [1.165, 1.54) is 38.5 Å². The van der Waals surface area contributed by atoms with Gasteiger partial charge in [-0.1, -0.05) is 19.3 Å². The van der Waals surface area contributed by atoms with Crippen molar-refractivity contribution in [1.29, 1.82) is 0 Å². The summed E-state index contributed by atoms with van der Waals surface area (Å²) in [5.41, 5.74) is -0.292. The SMILES string of the molecule is O=C(O)CC1(CC(=O)NC2C3CC4CC(C3)CC2C4)CCCCC1. The van der Waals surface area contributed by atoms with Gasteiger partial charge in [-0.05, 0) is 74.0 Å². The van der Waals surface area contributed by atoms with Gasteiger partial charge >= 0.3 is 5.97 Å². The zero-order valence-corrected chi connectivity index (χ0v) is 14.6. The van der Waals surface area contributed by atoms with Crippen LogP contribution in [0.3, 0.4) is 0 Å². The highest BCUT2D eigenvalue weighted by Gasteiger charge is 2.49.